The minimum absolute atomic E-state index is 0.00486. The van der Waals surface area contributed by atoms with Gasteiger partial charge in [-0.05, 0) is 67.5 Å². The normalized spacial score (nSPS) is 19.2. The van der Waals surface area contributed by atoms with Crippen molar-refractivity contribution in [3.8, 4) is 0 Å². The van der Waals surface area contributed by atoms with Crippen LogP contribution in [0, 0.1) is 16.0 Å². The van der Waals surface area contributed by atoms with Gasteiger partial charge in [0.2, 0.25) is 11.8 Å². The first kappa shape index (κ1) is 28.3. The molecule has 0 radical (unpaired) electrons. The predicted molar refractivity (Wildman–Crippen MR) is 156 cm³/mol. The lowest BCUT2D eigenvalue weighted by Gasteiger charge is -2.43. The number of benzene rings is 2. The standard InChI is InChI=1S/C31H37N5O5/c37-28(32-21-25-7-3-1-4-8-25)22-34-23-35(26-9-5-2-6-10-26)31(30(34)39)17-19-33(20-18-31)29(38)16-13-24-11-14-27(15-12-24)36(40)41/h2,5-6,9-16,25H,1,3-4,7-8,17-23H2,(H,32,37). The molecule has 0 atom stereocenters. The van der Waals surface area contributed by atoms with Crippen LogP contribution in [0.2, 0.25) is 0 Å². The van der Waals surface area contributed by atoms with Crippen LogP contribution >= 0.6 is 0 Å². The molecule has 41 heavy (non-hydrogen) atoms. The number of anilines is 1. The average molecular weight is 560 g/mol. The summed E-state index contributed by atoms with van der Waals surface area (Å²) in [4.78, 5) is 55.6. The molecule has 3 fully saturated rings. The van der Waals surface area contributed by atoms with Crippen LogP contribution < -0.4 is 10.2 Å². The average Bonchev–Trinajstić information content (AvgIpc) is 3.26. The van der Waals surface area contributed by atoms with E-state index in [1.165, 1.54) is 37.5 Å². The van der Waals surface area contributed by atoms with Gasteiger partial charge in [-0.1, -0.05) is 37.5 Å². The zero-order valence-corrected chi connectivity index (χ0v) is 23.2. The molecule has 1 aliphatic carbocycles. The molecule has 2 saturated heterocycles. The third kappa shape index (κ3) is 6.42. The first-order valence-corrected chi connectivity index (χ1v) is 14.5. The lowest BCUT2D eigenvalue weighted by molar-refractivity contribution is -0.384. The topological polar surface area (TPSA) is 116 Å². The fraction of sp³-hybridized carbons (Fsp3) is 0.452. The van der Waals surface area contributed by atoms with Crippen LogP contribution in [-0.2, 0) is 14.4 Å². The monoisotopic (exact) mass is 559 g/mol. The van der Waals surface area contributed by atoms with Crippen LogP contribution in [0.15, 0.2) is 60.7 Å². The largest absolute Gasteiger partial charge is 0.354 e. The summed E-state index contributed by atoms with van der Waals surface area (Å²) in [5, 5.41) is 13.9. The summed E-state index contributed by atoms with van der Waals surface area (Å²) in [7, 11) is 0. The maximum Gasteiger partial charge on any atom is 0.269 e. The number of para-hydroxylation sites is 1. The molecule has 1 N–H and O–H groups in total. The first-order valence-electron chi connectivity index (χ1n) is 14.5. The quantitative estimate of drug-likeness (QED) is 0.297. The number of nitro benzene ring substituents is 1. The fourth-order valence-corrected chi connectivity index (χ4v) is 6.28. The Labute approximate surface area is 240 Å². The summed E-state index contributed by atoms with van der Waals surface area (Å²) in [6, 6.07) is 15.8. The van der Waals surface area contributed by atoms with Gasteiger partial charge in [0.15, 0.2) is 0 Å². The molecule has 2 aliphatic heterocycles. The highest BCUT2D eigenvalue weighted by atomic mass is 16.6. The summed E-state index contributed by atoms with van der Waals surface area (Å²) in [5.74, 6) is 0.153. The highest BCUT2D eigenvalue weighted by Gasteiger charge is 2.54. The molecule has 216 valence electrons. The van der Waals surface area contributed by atoms with E-state index in [9.17, 15) is 24.5 Å². The second-order valence-corrected chi connectivity index (χ2v) is 11.3. The lowest BCUT2D eigenvalue weighted by Crippen LogP contribution is -2.57. The van der Waals surface area contributed by atoms with E-state index in [-0.39, 0.29) is 30.0 Å². The number of hydrogen-bond acceptors (Lipinski definition) is 6. The van der Waals surface area contributed by atoms with Crippen molar-refractivity contribution in [2.45, 2.75) is 50.5 Å². The number of likely N-dealkylation sites (tertiary alicyclic amines) is 1. The maximum atomic E-state index is 13.9. The van der Waals surface area contributed by atoms with E-state index < -0.39 is 10.5 Å². The molecule has 1 saturated carbocycles. The van der Waals surface area contributed by atoms with Gasteiger partial charge >= 0.3 is 0 Å². The predicted octanol–water partition coefficient (Wildman–Crippen LogP) is 3.97. The third-order valence-electron chi connectivity index (χ3n) is 8.65. The van der Waals surface area contributed by atoms with Crippen LogP contribution in [0.1, 0.15) is 50.5 Å². The number of amides is 3. The van der Waals surface area contributed by atoms with Crippen LogP contribution in [0.5, 0.6) is 0 Å². The van der Waals surface area contributed by atoms with Crippen molar-refractivity contribution < 1.29 is 19.3 Å². The highest BCUT2D eigenvalue weighted by Crippen LogP contribution is 2.39. The molecule has 0 aromatic heterocycles. The number of nitrogens with one attached hydrogen (secondary N) is 1. The van der Waals surface area contributed by atoms with E-state index in [0.717, 1.165) is 18.5 Å². The first-order chi connectivity index (χ1) is 19.9. The molecule has 3 aliphatic rings. The van der Waals surface area contributed by atoms with Crippen molar-refractivity contribution in [1.29, 1.82) is 0 Å². The zero-order chi connectivity index (χ0) is 28.8. The van der Waals surface area contributed by atoms with Gasteiger partial charge in [-0.15, -0.1) is 0 Å². The summed E-state index contributed by atoms with van der Waals surface area (Å²) < 4.78 is 0. The van der Waals surface area contributed by atoms with Gasteiger partial charge in [-0.2, -0.15) is 0 Å². The number of piperidine rings is 1. The van der Waals surface area contributed by atoms with Gasteiger partial charge in [0.1, 0.15) is 12.1 Å². The van der Waals surface area contributed by atoms with Gasteiger partial charge in [0.05, 0.1) is 11.6 Å². The van der Waals surface area contributed by atoms with E-state index in [1.807, 2.05) is 30.3 Å². The van der Waals surface area contributed by atoms with Gasteiger partial charge in [-0.25, -0.2) is 0 Å². The van der Waals surface area contributed by atoms with Crippen molar-refractivity contribution in [3.05, 3.63) is 76.4 Å². The third-order valence-corrected chi connectivity index (χ3v) is 8.65. The minimum atomic E-state index is -0.816. The molecule has 0 unspecified atom stereocenters. The van der Waals surface area contributed by atoms with E-state index in [1.54, 1.807) is 28.0 Å². The molecule has 2 heterocycles. The van der Waals surface area contributed by atoms with Crippen molar-refractivity contribution in [3.63, 3.8) is 0 Å². The van der Waals surface area contributed by atoms with E-state index in [0.29, 0.717) is 50.6 Å². The molecule has 5 rings (SSSR count). The van der Waals surface area contributed by atoms with Crippen molar-refractivity contribution >= 4 is 35.2 Å². The molecule has 2 aromatic rings. The number of rotatable bonds is 8. The molecule has 10 heteroatoms. The van der Waals surface area contributed by atoms with Crippen LogP contribution in [-0.4, -0.2) is 70.8 Å². The van der Waals surface area contributed by atoms with Gasteiger partial charge in [0, 0.05) is 43.5 Å². The Hall–Kier alpha value is -4.21. The number of hydrogen-bond donors (Lipinski definition) is 1. The van der Waals surface area contributed by atoms with Crippen LogP contribution in [0.3, 0.4) is 0 Å². The number of carbonyl (C=O) groups is 3. The Bertz CT molecular complexity index is 1280. The maximum absolute atomic E-state index is 13.9. The number of nitrogens with zero attached hydrogens (tertiary/aromatic N) is 4. The second-order valence-electron chi connectivity index (χ2n) is 11.3. The smallest absolute Gasteiger partial charge is 0.269 e. The minimum Gasteiger partial charge on any atom is -0.354 e. The van der Waals surface area contributed by atoms with Crippen LogP contribution in [0.25, 0.3) is 6.08 Å². The van der Waals surface area contributed by atoms with Gasteiger partial charge in [-0.3, -0.25) is 24.5 Å². The lowest BCUT2D eigenvalue weighted by atomic mass is 9.85. The Morgan fingerprint density at radius 1 is 1.00 bits per heavy atom. The van der Waals surface area contributed by atoms with E-state index in [2.05, 4.69) is 10.2 Å². The molecule has 10 nitrogen and oxygen atoms in total. The fourth-order valence-electron chi connectivity index (χ4n) is 6.28. The highest BCUT2D eigenvalue weighted by molar-refractivity contribution is 5.97. The summed E-state index contributed by atoms with van der Waals surface area (Å²) in [5.41, 5.74) is 0.791. The number of nitro groups is 1. The molecular weight excluding hydrogens is 522 g/mol. The Balaban J connectivity index is 1.23. The summed E-state index contributed by atoms with van der Waals surface area (Å²) >= 11 is 0. The molecule has 0 bridgehead atoms. The Morgan fingerprint density at radius 2 is 1.68 bits per heavy atom. The van der Waals surface area contributed by atoms with Gasteiger partial charge in [0.25, 0.3) is 11.6 Å². The number of non-ortho nitro benzene ring substituents is 1. The molecular formula is C31H37N5O5. The van der Waals surface area contributed by atoms with E-state index in [4.69, 9.17) is 0 Å². The zero-order valence-electron chi connectivity index (χ0n) is 23.2. The summed E-state index contributed by atoms with van der Waals surface area (Å²) in [6.07, 6.45) is 10.0. The van der Waals surface area contributed by atoms with Gasteiger partial charge < -0.3 is 20.0 Å². The molecule has 3 amide bonds. The number of carbonyl (C=O) groups excluding carboxylic acids is 3. The van der Waals surface area contributed by atoms with Crippen LogP contribution in [0.4, 0.5) is 11.4 Å². The SMILES string of the molecule is O=C(CN1CN(c2ccccc2)C2(CCN(C(=O)C=Cc3ccc([N+](=O)[O-])cc3)CC2)C1=O)NCC1CCCCC1. The molecule has 2 aromatic carbocycles. The summed E-state index contributed by atoms with van der Waals surface area (Å²) in [6.45, 7) is 1.82. The Kier molecular flexibility index (Phi) is 8.66. The second kappa shape index (κ2) is 12.5. The van der Waals surface area contributed by atoms with Crippen molar-refractivity contribution in [2.24, 2.45) is 5.92 Å². The van der Waals surface area contributed by atoms with Crippen molar-refractivity contribution in [1.82, 2.24) is 15.1 Å². The van der Waals surface area contributed by atoms with Crippen molar-refractivity contribution in [2.75, 3.05) is 37.7 Å². The molecule has 1 spiro atoms. The van der Waals surface area contributed by atoms with E-state index >= 15 is 0 Å². The Morgan fingerprint density at radius 3 is 2.34 bits per heavy atom.